The molecule has 1 N–H and O–H groups in total. The summed E-state index contributed by atoms with van der Waals surface area (Å²) in [6.07, 6.45) is 7.67. The molecule has 0 unspecified atom stereocenters. The number of benzene rings is 1. The van der Waals surface area contributed by atoms with Gasteiger partial charge in [-0.15, -0.1) is 0 Å². The highest BCUT2D eigenvalue weighted by Gasteiger charge is 2.13. The number of hydrogen-bond acceptors (Lipinski definition) is 2. The Balaban J connectivity index is 1.60. The molecule has 0 bridgehead atoms. The molecule has 0 spiro atoms. The van der Waals surface area contributed by atoms with E-state index < -0.39 is 0 Å². The molecule has 2 rings (SSSR count). The Morgan fingerprint density at radius 1 is 1.19 bits per heavy atom. The van der Waals surface area contributed by atoms with Gasteiger partial charge >= 0.3 is 0 Å². The zero-order valence-corrected chi connectivity index (χ0v) is 14.0. The predicted octanol–water partition coefficient (Wildman–Crippen LogP) is 4.05. The van der Waals surface area contributed by atoms with Crippen LogP contribution in [0.2, 0.25) is 0 Å². The van der Waals surface area contributed by atoms with Gasteiger partial charge in [-0.05, 0) is 37.0 Å². The number of nitrogens with one attached hydrogen (secondary N) is 1. The Morgan fingerprint density at radius 2 is 1.90 bits per heavy atom. The number of hydrogen-bond donors (Lipinski definition) is 1. The molecular weight excluding hydrogens is 330 g/mol. The summed E-state index contributed by atoms with van der Waals surface area (Å²) in [6.45, 7) is 1.42. The molecular formula is C17H24BrNO2. The second kappa shape index (κ2) is 9.21. The third-order valence-corrected chi connectivity index (χ3v) is 4.53. The summed E-state index contributed by atoms with van der Waals surface area (Å²) in [4.78, 5) is 11.9. The molecule has 4 heteroatoms. The van der Waals surface area contributed by atoms with E-state index in [9.17, 15) is 4.79 Å². The third kappa shape index (κ3) is 5.79. The fourth-order valence-electron chi connectivity index (χ4n) is 2.60. The number of rotatable bonds is 7. The fourth-order valence-corrected chi connectivity index (χ4v) is 2.98. The minimum Gasteiger partial charge on any atom is -0.378 e. The minimum atomic E-state index is -0.00575. The Morgan fingerprint density at radius 3 is 2.57 bits per heavy atom. The molecule has 21 heavy (non-hydrogen) atoms. The van der Waals surface area contributed by atoms with Crippen molar-refractivity contribution in [2.24, 2.45) is 0 Å². The van der Waals surface area contributed by atoms with Gasteiger partial charge in [0.25, 0.3) is 5.91 Å². The van der Waals surface area contributed by atoms with Gasteiger partial charge in [0.2, 0.25) is 0 Å². The van der Waals surface area contributed by atoms with E-state index in [0.29, 0.717) is 18.2 Å². The molecule has 1 aromatic carbocycles. The highest BCUT2D eigenvalue weighted by molar-refractivity contribution is 9.08. The van der Waals surface area contributed by atoms with Crippen molar-refractivity contribution in [2.45, 2.75) is 50.0 Å². The zero-order chi connectivity index (χ0) is 14.9. The molecule has 0 saturated heterocycles. The maximum absolute atomic E-state index is 11.9. The summed E-state index contributed by atoms with van der Waals surface area (Å²) in [5.41, 5.74) is 1.89. The molecule has 0 aromatic heterocycles. The highest BCUT2D eigenvalue weighted by atomic mass is 79.9. The van der Waals surface area contributed by atoms with Gasteiger partial charge in [0.15, 0.2) is 0 Å². The molecule has 0 aliphatic heterocycles. The maximum Gasteiger partial charge on any atom is 0.251 e. The van der Waals surface area contributed by atoms with Crippen molar-refractivity contribution in [1.29, 1.82) is 0 Å². The van der Waals surface area contributed by atoms with Crippen LogP contribution in [-0.4, -0.2) is 25.2 Å². The lowest BCUT2D eigenvalue weighted by Crippen LogP contribution is -2.26. The number of alkyl halides is 1. The fraction of sp³-hybridized carbons (Fsp3) is 0.588. The van der Waals surface area contributed by atoms with Crippen LogP contribution in [0.15, 0.2) is 24.3 Å². The Hall–Kier alpha value is -0.870. The van der Waals surface area contributed by atoms with Crippen molar-refractivity contribution >= 4 is 21.8 Å². The van der Waals surface area contributed by atoms with Gasteiger partial charge in [-0.1, -0.05) is 47.3 Å². The van der Waals surface area contributed by atoms with Crippen LogP contribution in [0.3, 0.4) is 0 Å². The van der Waals surface area contributed by atoms with Gasteiger partial charge in [-0.25, -0.2) is 0 Å². The van der Waals surface area contributed by atoms with Gasteiger partial charge in [0.1, 0.15) is 0 Å². The molecule has 0 heterocycles. The molecule has 116 valence electrons. The molecule has 1 aromatic rings. The monoisotopic (exact) mass is 353 g/mol. The lowest BCUT2D eigenvalue weighted by molar-refractivity contribution is 0.0273. The van der Waals surface area contributed by atoms with E-state index in [1.165, 1.54) is 37.7 Å². The maximum atomic E-state index is 11.9. The summed E-state index contributed by atoms with van der Waals surface area (Å²) in [5, 5.41) is 3.76. The first-order valence-electron chi connectivity index (χ1n) is 7.84. The smallest absolute Gasteiger partial charge is 0.251 e. The second-order valence-electron chi connectivity index (χ2n) is 5.57. The van der Waals surface area contributed by atoms with Crippen LogP contribution in [0.1, 0.15) is 54.4 Å². The molecule has 1 aliphatic carbocycles. The SMILES string of the molecule is O=C(NCCCOC1CCCCC1)c1ccc(CBr)cc1. The van der Waals surface area contributed by atoms with Crippen LogP contribution in [0, 0.1) is 0 Å². The van der Waals surface area contributed by atoms with Gasteiger partial charge in [-0.3, -0.25) is 4.79 Å². The zero-order valence-electron chi connectivity index (χ0n) is 12.4. The Labute approximate surface area is 135 Å². The normalized spacial score (nSPS) is 15.9. The average molecular weight is 354 g/mol. The summed E-state index contributed by atoms with van der Waals surface area (Å²) in [5.74, 6) is -0.00575. The quantitative estimate of drug-likeness (QED) is 0.593. The topological polar surface area (TPSA) is 38.3 Å². The first-order chi connectivity index (χ1) is 10.3. The molecule has 0 radical (unpaired) electrons. The molecule has 1 aliphatic rings. The number of carbonyl (C=O) groups is 1. The lowest BCUT2D eigenvalue weighted by Gasteiger charge is -2.21. The molecule has 1 amide bonds. The van der Waals surface area contributed by atoms with Crippen LogP contribution in [0.5, 0.6) is 0 Å². The van der Waals surface area contributed by atoms with Gasteiger partial charge < -0.3 is 10.1 Å². The lowest BCUT2D eigenvalue weighted by atomic mass is 9.98. The number of carbonyl (C=O) groups excluding carboxylic acids is 1. The van der Waals surface area contributed by atoms with E-state index >= 15 is 0 Å². The number of halogens is 1. The average Bonchev–Trinajstić information content (AvgIpc) is 2.55. The van der Waals surface area contributed by atoms with E-state index in [4.69, 9.17) is 4.74 Å². The van der Waals surface area contributed by atoms with E-state index in [2.05, 4.69) is 21.2 Å². The van der Waals surface area contributed by atoms with E-state index in [0.717, 1.165) is 18.4 Å². The first-order valence-corrected chi connectivity index (χ1v) is 8.96. The van der Waals surface area contributed by atoms with Crippen molar-refractivity contribution in [3.8, 4) is 0 Å². The molecule has 0 atom stereocenters. The van der Waals surface area contributed by atoms with Gasteiger partial charge in [0.05, 0.1) is 6.10 Å². The highest BCUT2D eigenvalue weighted by Crippen LogP contribution is 2.20. The van der Waals surface area contributed by atoms with E-state index in [1.807, 2.05) is 24.3 Å². The Bertz CT molecular complexity index is 427. The van der Waals surface area contributed by atoms with Crippen LogP contribution >= 0.6 is 15.9 Å². The van der Waals surface area contributed by atoms with Crippen molar-refractivity contribution in [3.63, 3.8) is 0 Å². The summed E-state index contributed by atoms with van der Waals surface area (Å²) < 4.78 is 5.84. The minimum absolute atomic E-state index is 0.00575. The number of ether oxygens (including phenoxy) is 1. The van der Waals surface area contributed by atoms with Crippen LogP contribution < -0.4 is 5.32 Å². The molecule has 1 saturated carbocycles. The van der Waals surface area contributed by atoms with E-state index in [-0.39, 0.29) is 5.91 Å². The molecule has 1 fully saturated rings. The van der Waals surface area contributed by atoms with Crippen molar-refractivity contribution in [3.05, 3.63) is 35.4 Å². The summed E-state index contributed by atoms with van der Waals surface area (Å²) >= 11 is 3.40. The molecule has 3 nitrogen and oxygen atoms in total. The predicted molar refractivity (Wildman–Crippen MR) is 88.8 cm³/mol. The van der Waals surface area contributed by atoms with Gasteiger partial charge in [-0.2, -0.15) is 0 Å². The third-order valence-electron chi connectivity index (χ3n) is 3.88. The van der Waals surface area contributed by atoms with Crippen LogP contribution in [-0.2, 0) is 10.1 Å². The summed E-state index contributed by atoms with van der Waals surface area (Å²) in [6, 6.07) is 7.67. The van der Waals surface area contributed by atoms with Gasteiger partial charge in [0, 0.05) is 24.0 Å². The Kier molecular flexibility index (Phi) is 7.24. The first kappa shape index (κ1) is 16.5. The van der Waals surface area contributed by atoms with Crippen molar-refractivity contribution < 1.29 is 9.53 Å². The largest absolute Gasteiger partial charge is 0.378 e. The van der Waals surface area contributed by atoms with Crippen molar-refractivity contribution in [2.75, 3.05) is 13.2 Å². The van der Waals surface area contributed by atoms with E-state index in [1.54, 1.807) is 0 Å². The second-order valence-corrected chi connectivity index (χ2v) is 6.13. The van der Waals surface area contributed by atoms with Crippen LogP contribution in [0.25, 0.3) is 0 Å². The number of amides is 1. The standard InChI is InChI=1S/C17H24BrNO2/c18-13-14-7-9-15(10-8-14)17(20)19-11-4-12-21-16-5-2-1-3-6-16/h7-10,16H,1-6,11-13H2,(H,19,20). The van der Waals surface area contributed by atoms with Crippen LogP contribution in [0.4, 0.5) is 0 Å². The summed E-state index contributed by atoms with van der Waals surface area (Å²) in [7, 11) is 0. The van der Waals surface area contributed by atoms with Crippen molar-refractivity contribution in [1.82, 2.24) is 5.32 Å².